The van der Waals surface area contributed by atoms with Crippen LogP contribution in [0.5, 0.6) is 17.2 Å². The van der Waals surface area contributed by atoms with Crippen LogP contribution in [0.1, 0.15) is 31.7 Å². The van der Waals surface area contributed by atoms with Crippen LogP contribution in [0.4, 0.5) is 0 Å². The SMILES string of the molecule is CC(CCCOc1ccc(Oc2ccccc2)cc1)(CC(=O)ON)Cc1ccccc1. The molecule has 0 aliphatic carbocycles. The van der Waals surface area contributed by atoms with Gasteiger partial charge in [0.05, 0.1) is 13.0 Å². The fraction of sp³-hybridized carbons (Fsp3) is 0.269. The molecule has 3 rings (SSSR count). The summed E-state index contributed by atoms with van der Waals surface area (Å²) in [5.74, 6) is 7.02. The molecule has 0 saturated carbocycles. The monoisotopic (exact) mass is 419 g/mol. The molecule has 0 heterocycles. The van der Waals surface area contributed by atoms with Crippen LogP contribution in [0.25, 0.3) is 0 Å². The molecule has 3 aromatic carbocycles. The Hall–Kier alpha value is -3.31. The number of rotatable bonds is 11. The highest BCUT2D eigenvalue weighted by atomic mass is 16.7. The zero-order valence-electron chi connectivity index (χ0n) is 17.8. The zero-order valence-corrected chi connectivity index (χ0v) is 17.8. The Labute approximate surface area is 183 Å². The van der Waals surface area contributed by atoms with Gasteiger partial charge in [-0.25, -0.2) is 0 Å². The van der Waals surface area contributed by atoms with Crippen molar-refractivity contribution in [2.45, 2.75) is 32.6 Å². The number of carbonyl (C=O) groups excluding carboxylic acids is 1. The van der Waals surface area contributed by atoms with E-state index in [0.29, 0.717) is 6.61 Å². The van der Waals surface area contributed by atoms with Crippen molar-refractivity contribution >= 4 is 5.97 Å². The van der Waals surface area contributed by atoms with Gasteiger partial charge in [0.1, 0.15) is 17.2 Å². The van der Waals surface area contributed by atoms with Crippen molar-refractivity contribution in [3.8, 4) is 17.2 Å². The Morgan fingerprint density at radius 3 is 2.06 bits per heavy atom. The third-order valence-corrected chi connectivity index (χ3v) is 5.17. The van der Waals surface area contributed by atoms with E-state index in [9.17, 15) is 4.79 Å². The maximum atomic E-state index is 11.8. The molecule has 5 heteroatoms. The van der Waals surface area contributed by atoms with E-state index in [1.807, 2.05) is 72.8 Å². The van der Waals surface area contributed by atoms with E-state index in [2.05, 4.69) is 23.9 Å². The zero-order chi connectivity index (χ0) is 21.9. The molecule has 1 atom stereocenters. The minimum Gasteiger partial charge on any atom is -0.494 e. The van der Waals surface area contributed by atoms with E-state index >= 15 is 0 Å². The molecule has 1 unspecified atom stereocenters. The average molecular weight is 420 g/mol. The van der Waals surface area contributed by atoms with Crippen molar-refractivity contribution in [1.29, 1.82) is 0 Å². The first-order valence-corrected chi connectivity index (χ1v) is 10.5. The predicted molar refractivity (Wildman–Crippen MR) is 121 cm³/mol. The minimum atomic E-state index is -0.395. The van der Waals surface area contributed by atoms with Gasteiger partial charge in [-0.1, -0.05) is 55.5 Å². The largest absolute Gasteiger partial charge is 0.494 e. The Morgan fingerprint density at radius 2 is 1.42 bits per heavy atom. The van der Waals surface area contributed by atoms with E-state index in [1.165, 1.54) is 5.56 Å². The molecular weight excluding hydrogens is 390 g/mol. The summed E-state index contributed by atoms with van der Waals surface area (Å²) in [4.78, 5) is 16.3. The first kappa shape index (κ1) is 22.4. The van der Waals surface area contributed by atoms with Gasteiger partial charge in [-0.3, -0.25) is 4.79 Å². The molecule has 0 aromatic heterocycles. The van der Waals surface area contributed by atoms with Crippen molar-refractivity contribution in [1.82, 2.24) is 0 Å². The summed E-state index contributed by atoms with van der Waals surface area (Å²) in [5, 5.41) is 0. The minimum absolute atomic E-state index is 0.255. The molecule has 31 heavy (non-hydrogen) atoms. The highest BCUT2D eigenvalue weighted by Gasteiger charge is 2.28. The number of hydrogen-bond donors (Lipinski definition) is 1. The van der Waals surface area contributed by atoms with E-state index in [1.54, 1.807) is 0 Å². The van der Waals surface area contributed by atoms with Gasteiger partial charge in [0.15, 0.2) is 0 Å². The van der Waals surface area contributed by atoms with Crippen LogP contribution in [0, 0.1) is 5.41 Å². The van der Waals surface area contributed by atoms with Gasteiger partial charge in [-0.15, -0.1) is 0 Å². The summed E-state index contributed by atoms with van der Waals surface area (Å²) in [7, 11) is 0. The standard InChI is InChI=1S/C26H29NO4/c1-26(20-25(28)31-27,19-21-9-4-2-5-10-21)17-8-18-29-22-13-15-24(16-14-22)30-23-11-6-3-7-12-23/h2-7,9-16H,8,17-20,27H2,1H3. The lowest BCUT2D eigenvalue weighted by Crippen LogP contribution is -2.27. The highest BCUT2D eigenvalue weighted by molar-refractivity contribution is 5.69. The van der Waals surface area contributed by atoms with E-state index in [-0.39, 0.29) is 11.8 Å². The van der Waals surface area contributed by atoms with Gasteiger partial charge in [0, 0.05) is 0 Å². The number of carbonyl (C=O) groups is 1. The van der Waals surface area contributed by atoms with Crippen LogP contribution in [0.2, 0.25) is 0 Å². The van der Waals surface area contributed by atoms with Crippen LogP contribution in [0.3, 0.4) is 0 Å². The Bertz CT molecular complexity index is 929. The van der Waals surface area contributed by atoms with Gasteiger partial charge < -0.3 is 14.3 Å². The molecule has 0 saturated heterocycles. The first-order chi connectivity index (χ1) is 15.1. The fourth-order valence-corrected chi connectivity index (χ4v) is 3.64. The van der Waals surface area contributed by atoms with Crippen molar-refractivity contribution in [2.24, 2.45) is 11.3 Å². The molecule has 0 bridgehead atoms. The topological polar surface area (TPSA) is 70.8 Å². The summed E-state index contributed by atoms with van der Waals surface area (Å²) in [6.45, 7) is 2.65. The first-order valence-electron chi connectivity index (χ1n) is 10.5. The Balaban J connectivity index is 1.50. The van der Waals surface area contributed by atoms with E-state index < -0.39 is 5.97 Å². The van der Waals surface area contributed by atoms with Crippen LogP contribution in [0.15, 0.2) is 84.9 Å². The summed E-state index contributed by atoms with van der Waals surface area (Å²) in [6, 6.07) is 27.4. The van der Waals surface area contributed by atoms with Gasteiger partial charge in [0.25, 0.3) is 0 Å². The molecule has 0 amide bonds. The van der Waals surface area contributed by atoms with Crippen LogP contribution >= 0.6 is 0 Å². The second kappa shape index (κ2) is 11.2. The van der Waals surface area contributed by atoms with Crippen molar-refractivity contribution < 1.29 is 19.1 Å². The van der Waals surface area contributed by atoms with Gasteiger partial charge >= 0.3 is 5.97 Å². The smallest absolute Gasteiger partial charge is 0.324 e. The summed E-state index contributed by atoms with van der Waals surface area (Å²) in [5.41, 5.74) is 0.930. The number of hydrogen-bond acceptors (Lipinski definition) is 5. The Kier molecular flexibility index (Phi) is 8.07. The van der Waals surface area contributed by atoms with Crippen molar-refractivity contribution in [3.63, 3.8) is 0 Å². The molecule has 5 nitrogen and oxygen atoms in total. The molecule has 0 spiro atoms. The van der Waals surface area contributed by atoms with Crippen LogP contribution in [-0.2, 0) is 16.1 Å². The lowest BCUT2D eigenvalue weighted by atomic mass is 9.77. The van der Waals surface area contributed by atoms with Crippen LogP contribution < -0.4 is 15.4 Å². The molecule has 0 aliphatic rings. The number of ether oxygens (including phenoxy) is 2. The lowest BCUT2D eigenvalue weighted by molar-refractivity contribution is -0.146. The molecule has 0 aliphatic heterocycles. The maximum Gasteiger partial charge on any atom is 0.324 e. The van der Waals surface area contributed by atoms with Crippen molar-refractivity contribution in [2.75, 3.05) is 6.61 Å². The molecule has 0 radical (unpaired) electrons. The van der Waals surface area contributed by atoms with E-state index in [0.717, 1.165) is 36.5 Å². The molecule has 162 valence electrons. The number of nitrogens with two attached hydrogens (primary N) is 1. The average Bonchev–Trinajstić information content (AvgIpc) is 2.79. The fourth-order valence-electron chi connectivity index (χ4n) is 3.64. The molecular formula is C26H29NO4. The lowest BCUT2D eigenvalue weighted by Gasteiger charge is -2.28. The second-order valence-electron chi connectivity index (χ2n) is 7.98. The van der Waals surface area contributed by atoms with E-state index in [4.69, 9.17) is 15.4 Å². The maximum absolute atomic E-state index is 11.8. The molecule has 3 aromatic rings. The Morgan fingerprint density at radius 1 is 0.839 bits per heavy atom. The summed E-state index contributed by atoms with van der Waals surface area (Å²) < 4.78 is 11.7. The quantitative estimate of drug-likeness (QED) is 0.319. The summed E-state index contributed by atoms with van der Waals surface area (Å²) >= 11 is 0. The number of para-hydroxylation sites is 1. The van der Waals surface area contributed by atoms with Crippen molar-refractivity contribution in [3.05, 3.63) is 90.5 Å². The van der Waals surface area contributed by atoms with Gasteiger partial charge in [-0.2, -0.15) is 5.90 Å². The predicted octanol–water partition coefficient (Wildman–Crippen LogP) is 5.69. The third kappa shape index (κ3) is 7.46. The molecule has 0 fully saturated rings. The second-order valence-corrected chi connectivity index (χ2v) is 7.98. The van der Waals surface area contributed by atoms with Crippen LogP contribution in [-0.4, -0.2) is 12.6 Å². The molecule has 2 N–H and O–H groups in total. The summed E-state index contributed by atoms with van der Waals surface area (Å²) in [6.07, 6.45) is 2.66. The highest BCUT2D eigenvalue weighted by Crippen LogP contribution is 2.33. The third-order valence-electron chi connectivity index (χ3n) is 5.17. The number of benzene rings is 3. The van der Waals surface area contributed by atoms with Gasteiger partial charge in [0.2, 0.25) is 0 Å². The van der Waals surface area contributed by atoms with Gasteiger partial charge in [-0.05, 0) is 66.6 Å². The normalized spacial score (nSPS) is 12.6.